The minimum atomic E-state index is -0.281. The Hall–Kier alpha value is -3.74. The monoisotopic (exact) mass is 345 g/mol. The first-order chi connectivity index (χ1) is 12.8. The van der Waals surface area contributed by atoms with Crippen LogP contribution in [0.4, 0.5) is 0 Å². The summed E-state index contributed by atoms with van der Waals surface area (Å²) in [5, 5.41) is 8.89. The summed E-state index contributed by atoms with van der Waals surface area (Å²) >= 11 is 0. The normalized spacial score (nSPS) is 11.3. The zero-order chi connectivity index (χ0) is 17.9. The van der Waals surface area contributed by atoms with E-state index in [0.29, 0.717) is 11.0 Å². The Morgan fingerprint density at radius 3 is 2.77 bits per heavy atom. The topological polar surface area (TPSA) is 74.3 Å². The van der Waals surface area contributed by atoms with E-state index in [1.54, 1.807) is 18.0 Å². The fourth-order valence-electron chi connectivity index (χ4n) is 2.59. The third-order valence-corrected chi connectivity index (χ3v) is 3.90. The zero-order valence-corrected chi connectivity index (χ0v) is 14.0. The Bertz CT molecular complexity index is 1150. The minimum absolute atomic E-state index is 0.281. The first-order valence-corrected chi connectivity index (χ1v) is 7.95. The molecule has 7 heteroatoms. The lowest BCUT2D eigenvalue weighted by Gasteiger charge is -2.03. The summed E-state index contributed by atoms with van der Waals surface area (Å²) in [6, 6.07) is 16.9. The Morgan fingerprint density at radius 1 is 1.12 bits per heavy atom. The summed E-state index contributed by atoms with van der Waals surface area (Å²) in [7, 11) is 1.60. The van der Waals surface area contributed by atoms with Gasteiger partial charge in [0.2, 0.25) is 0 Å². The van der Waals surface area contributed by atoms with Crippen LogP contribution < -0.4 is 10.3 Å². The standard InChI is InChI=1S/C19H15N5O2/c1-26-16-9-5-6-14(10-16)11-21-23-13-20-18-17(19(23)25)12-22-24(18)15-7-3-2-4-8-15/h2-13H,1H3. The first-order valence-electron chi connectivity index (χ1n) is 7.95. The average Bonchev–Trinajstić information content (AvgIpc) is 3.13. The van der Waals surface area contributed by atoms with Gasteiger partial charge in [0.15, 0.2) is 5.65 Å². The van der Waals surface area contributed by atoms with E-state index in [-0.39, 0.29) is 5.56 Å². The fraction of sp³-hybridized carbons (Fsp3) is 0.0526. The smallest absolute Gasteiger partial charge is 0.285 e. The third kappa shape index (κ3) is 2.86. The first kappa shape index (κ1) is 15.8. The van der Waals surface area contributed by atoms with Gasteiger partial charge in [0, 0.05) is 0 Å². The van der Waals surface area contributed by atoms with Gasteiger partial charge in [0.05, 0.1) is 25.2 Å². The molecular weight excluding hydrogens is 330 g/mol. The molecular formula is C19H15N5O2. The predicted molar refractivity (Wildman–Crippen MR) is 99.1 cm³/mol. The number of hydrogen-bond donors (Lipinski definition) is 0. The van der Waals surface area contributed by atoms with Crippen molar-refractivity contribution in [3.05, 3.63) is 83.0 Å². The second-order valence-corrected chi connectivity index (χ2v) is 5.54. The van der Waals surface area contributed by atoms with Crippen molar-refractivity contribution in [1.82, 2.24) is 19.4 Å². The molecule has 0 bridgehead atoms. The quantitative estimate of drug-likeness (QED) is 0.533. The SMILES string of the molecule is COc1cccc(C=Nn2cnc3c(cnn3-c3ccccc3)c2=O)c1. The lowest BCUT2D eigenvalue weighted by molar-refractivity contribution is 0.414. The summed E-state index contributed by atoms with van der Waals surface area (Å²) in [5.74, 6) is 0.721. The summed E-state index contributed by atoms with van der Waals surface area (Å²) < 4.78 is 8.00. The molecule has 0 amide bonds. The molecule has 128 valence electrons. The summed E-state index contributed by atoms with van der Waals surface area (Å²) in [6.07, 6.45) is 4.48. The van der Waals surface area contributed by atoms with E-state index < -0.39 is 0 Å². The maximum absolute atomic E-state index is 12.6. The highest BCUT2D eigenvalue weighted by molar-refractivity contribution is 5.80. The minimum Gasteiger partial charge on any atom is -0.497 e. The van der Waals surface area contributed by atoms with Crippen LogP contribution >= 0.6 is 0 Å². The van der Waals surface area contributed by atoms with E-state index in [1.807, 2.05) is 54.6 Å². The molecule has 0 unspecified atom stereocenters. The number of methoxy groups -OCH3 is 1. The van der Waals surface area contributed by atoms with Crippen LogP contribution in [0.5, 0.6) is 5.75 Å². The maximum atomic E-state index is 12.6. The van der Waals surface area contributed by atoms with Gasteiger partial charge in [0.1, 0.15) is 17.5 Å². The van der Waals surface area contributed by atoms with Crippen LogP contribution in [-0.4, -0.2) is 32.8 Å². The molecule has 2 aromatic carbocycles. The third-order valence-electron chi connectivity index (χ3n) is 3.90. The van der Waals surface area contributed by atoms with Gasteiger partial charge in [-0.1, -0.05) is 30.3 Å². The number of aromatic nitrogens is 4. The van der Waals surface area contributed by atoms with Crippen molar-refractivity contribution in [2.24, 2.45) is 5.10 Å². The summed E-state index contributed by atoms with van der Waals surface area (Å²) in [5.41, 5.74) is 1.87. The van der Waals surface area contributed by atoms with Crippen molar-refractivity contribution in [2.45, 2.75) is 0 Å². The molecule has 0 fully saturated rings. The van der Waals surface area contributed by atoms with Crippen molar-refractivity contribution in [1.29, 1.82) is 0 Å². The number of para-hydroxylation sites is 1. The van der Waals surface area contributed by atoms with Gasteiger partial charge < -0.3 is 4.74 Å². The summed E-state index contributed by atoms with van der Waals surface area (Å²) in [6.45, 7) is 0. The van der Waals surface area contributed by atoms with Crippen molar-refractivity contribution in [3.63, 3.8) is 0 Å². The molecule has 26 heavy (non-hydrogen) atoms. The molecule has 0 radical (unpaired) electrons. The molecule has 0 aliphatic rings. The number of hydrogen-bond acceptors (Lipinski definition) is 5. The van der Waals surface area contributed by atoms with Crippen LogP contribution in [-0.2, 0) is 0 Å². The van der Waals surface area contributed by atoms with Gasteiger partial charge in [0.25, 0.3) is 5.56 Å². The molecule has 0 atom stereocenters. The van der Waals surface area contributed by atoms with E-state index in [9.17, 15) is 4.79 Å². The molecule has 2 heterocycles. The van der Waals surface area contributed by atoms with Crippen molar-refractivity contribution >= 4 is 17.2 Å². The van der Waals surface area contributed by atoms with Gasteiger partial charge in [-0.3, -0.25) is 4.79 Å². The van der Waals surface area contributed by atoms with Crippen LogP contribution in [0, 0.1) is 0 Å². The van der Waals surface area contributed by atoms with Crippen LogP contribution in [0.1, 0.15) is 5.56 Å². The van der Waals surface area contributed by atoms with Gasteiger partial charge in [-0.05, 0) is 29.8 Å². The highest BCUT2D eigenvalue weighted by atomic mass is 16.5. The van der Waals surface area contributed by atoms with Crippen molar-refractivity contribution < 1.29 is 4.74 Å². The second-order valence-electron chi connectivity index (χ2n) is 5.54. The lowest BCUT2D eigenvalue weighted by atomic mass is 10.2. The van der Waals surface area contributed by atoms with Crippen LogP contribution in [0.3, 0.4) is 0 Å². The lowest BCUT2D eigenvalue weighted by Crippen LogP contribution is -2.17. The van der Waals surface area contributed by atoms with Crippen LogP contribution in [0.2, 0.25) is 0 Å². The molecule has 0 aliphatic carbocycles. The van der Waals surface area contributed by atoms with Crippen LogP contribution in [0.25, 0.3) is 16.7 Å². The largest absolute Gasteiger partial charge is 0.497 e. The van der Waals surface area contributed by atoms with Crippen LogP contribution in [0.15, 0.2) is 77.0 Å². The van der Waals surface area contributed by atoms with Crippen molar-refractivity contribution in [3.8, 4) is 11.4 Å². The Labute approximate surface area is 148 Å². The van der Waals surface area contributed by atoms with E-state index >= 15 is 0 Å². The van der Waals surface area contributed by atoms with E-state index in [4.69, 9.17) is 4.74 Å². The molecule has 4 aromatic rings. The van der Waals surface area contributed by atoms with Gasteiger partial charge in [-0.25, -0.2) is 9.67 Å². The van der Waals surface area contributed by atoms with E-state index in [1.165, 1.54) is 17.2 Å². The Kier molecular flexibility index (Phi) is 4.03. The fourth-order valence-corrected chi connectivity index (χ4v) is 2.59. The predicted octanol–water partition coefficient (Wildman–Crippen LogP) is 2.47. The molecule has 4 rings (SSSR count). The zero-order valence-electron chi connectivity index (χ0n) is 14.0. The molecule has 0 saturated carbocycles. The molecule has 2 aromatic heterocycles. The average molecular weight is 345 g/mol. The highest BCUT2D eigenvalue weighted by Crippen LogP contribution is 2.13. The van der Waals surface area contributed by atoms with Crippen molar-refractivity contribution in [2.75, 3.05) is 7.11 Å². The van der Waals surface area contributed by atoms with Gasteiger partial charge in [-0.2, -0.15) is 14.9 Å². The molecule has 7 nitrogen and oxygen atoms in total. The number of fused-ring (bicyclic) bond motifs is 1. The summed E-state index contributed by atoms with van der Waals surface area (Å²) in [4.78, 5) is 17.0. The number of nitrogens with zero attached hydrogens (tertiary/aromatic N) is 5. The molecule has 0 aliphatic heterocycles. The molecule has 0 spiro atoms. The molecule has 0 saturated heterocycles. The number of benzene rings is 2. The number of ether oxygens (including phenoxy) is 1. The maximum Gasteiger partial charge on any atom is 0.285 e. The van der Waals surface area contributed by atoms with Gasteiger partial charge >= 0.3 is 0 Å². The Morgan fingerprint density at radius 2 is 1.96 bits per heavy atom. The van der Waals surface area contributed by atoms with Gasteiger partial charge in [-0.15, -0.1) is 0 Å². The molecule has 0 N–H and O–H groups in total. The Balaban J connectivity index is 1.73. The second kappa shape index (κ2) is 6.64. The highest BCUT2D eigenvalue weighted by Gasteiger charge is 2.10. The van der Waals surface area contributed by atoms with E-state index in [2.05, 4.69) is 15.2 Å². The number of rotatable bonds is 4. The van der Waals surface area contributed by atoms with E-state index in [0.717, 1.165) is 17.0 Å².